The summed E-state index contributed by atoms with van der Waals surface area (Å²) in [6, 6.07) is 9.24. The highest BCUT2D eigenvalue weighted by atomic mass is 16.2. The predicted octanol–water partition coefficient (Wildman–Crippen LogP) is 2.13. The fraction of sp³-hybridized carbons (Fsp3) is 0.294. The summed E-state index contributed by atoms with van der Waals surface area (Å²) < 4.78 is 1.81. The summed E-state index contributed by atoms with van der Waals surface area (Å²) in [5.41, 5.74) is 3.37. The number of anilines is 3. The number of para-hydroxylation sites is 2. The summed E-state index contributed by atoms with van der Waals surface area (Å²) in [5, 5.41) is 2.90. The maximum Gasteiger partial charge on any atom is 0.274 e. The number of rotatable bonds is 2. The van der Waals surface area contributed by atoms with E-state index in [1.54, 1.807) is 4.90 Å². The Morgan fingerprint density at radius 2 is 1.91 bits per heavy atom. The van der Waals surface area contributed by atoms with Crippen LogP contribution in [0.2, 0.25) is 0 Å². The minimum absolute atomic E-state index is 0.0780. The molecule has 0 bridgehead atoms. The van der Waals surface area contributed by atoms with Crippen molar-refractivity contribution in [2.45, 2.75) is 6.92 Å². The summed E-state index contributed by atoms with van der Waals surface area (Å²) in [6.07, 6.45) is 0. The van der Waals surface area contributed by atoms with Crippen molar-refractivity contribution in [2.24, 2.45) is 7.05 Å². The molecule has 0 spiro atoms. The van der Waals surface area contributed by atoms with Crippen LogP contribution in [0.1, 0.15) is 16.2 Å². The number of nitrogens with zero attached hydrogens (tertiary/aromatic N) is 3. The Hall–Kier alpha value is -2.60. The molecule has 2 amide bonds. The molecule has 23 heavy (non-hydrogen) atoms. The SMILES string of the molecule is Cc1cc2c(n1C)C(=O)Nc1ccccc1N2C(=O)CN(C)C. The summed E-state index contributed by atoms with van der Waals surface area (Å²) in [7, 11) is 5.53. The van der Waals surface area contributed by atoms with Gasteiger partial charge in [0.05, 0.1) is 23.6 Å². The number of carbonyl (C=O) groups excluding carboxylic acids is 2. The van der Waals surface area contributed by atoms with Crippen LogP contribution in [-0.2, 0) is 11.8 Å². The van der Waals surface area contributed by atoms with Crippen LogP contribution >= 0.6 is 0 Å². The van der Waals surface area contributed by atoms with E-state index >= 15 is 0 Å². The molecule has 0 radical (unpaired) electrons. The third kappa shape index (κ3) is 2.51. The summed E-state index contributed by atoms with van der Waals surface area (Å²) in [5.74, 6) is -0.283. The van der Waals surface area contributed by atoms with E-state index in [4.69, 9.17) is 0 Å². The Balaban J connectivity index is 2.24. The Bertz CT molecular complexity index is 792. The van der Waals surface area contributed by atoms with Crippen molar-refractivity contribution in [3.05, 3.63) is 41.7 Å². The molecule has 2 heterocycles. The van der Waals surface area contributed by atoms with Crippen LogP contribution in [0.15, 0.2) is 30.3 Å². The standard InChI is InChI=1S/C17H20N4O2/c1-11-9-14-16(20(11)4)17(23)18-12-7-5-6-8-13(12)21(14)15(22)10-19(2)3/h5-9H,10H2,1-4H3,(H,18,23). The third-order valence-corrected chi connectivity index (χ3v) is 4.00. The molecule has 0 unspecified atom stereocenters. The summed E-state index contributed by atoms with van der Waals surface area (Å²) in [6.45, 7) is 2.18. The molecule has 0 fully saturated rings. The van der Waals surface area contributed by atoms with Gasteiger partial charge in [0.2, 0.25) is 5.91 Å². The van der Waals surface area contributed by atoms with E-state index < -0.39 is 0 Å². The smallest absolute Gasteiger partial charge is 0.274 e. The highest BCUT2D eigenvalue weighted by Gasteiger charge is 2.32. The van der Waals surface area contributed by atoms with Gasteiger partial charge in [0, 0.05) is 12.7 Å². The Kier molecular flexibility index (Phi) is 3.69. The van der Waals surface area contributed by atoms with Gasteiger partial charge in [-0.2, -0.15) is 0 Å². The van der Waals surface area contributed by atoms with Crippen LogP contribution in [0.5, 0.6) is 0 Å². The second-order valence-electron chi connectivity index (χ2n) is 6.02. The average molecular weight is 312 g/mol. The molecule has 0 atom stereocenters. The topological polar surface area (TPSA) is 57.6 Å². The number of nitrogens with one attached hydrogen (secondary N) is 1. The highest BCUT2D eigenvalue weighted by Crippen LogP contribution is 2.39. The first kappa shape index (κ1) is 15.3. The largest absolute Gasteiger partial charge is 0.342 e. The number of aromatic nitrogens is 1. The first-order chi connectivity index (χ1) is 10.9. The zero-order valence-electron chi connectivity index (χ0n) is 13.8. The van der Waals surface area contributed by atoms with Crippen LogP contribution in [0.4, 0.5) is 17.1 Å². The second kappa shape index (κ2) is 5.55. The molecular weight excluding hydrogens is 292 g/mol. The van der Waals surface area contributed by atoms with Crippen molar-refractivity contribution >= 4 is 28.9 Å². The lowest BCUT2D eigenvalue weighted by Crippen LogP contribution is -2.34. The number of benzene rings is 1. The molecule has 1 aromatic carbocycles. The molecule has 1 aliphatic heterocycles. The molecule has 0 saturated carbocycles. The second-order valence-corrected chi connectivity index (χ2v) is 6.02. The van der Waals surface area contributed by atoms with E-state index in [2.05, 4.69) is 5.32 Å². The fourth-order valence-electron chi connectivity index (χ4n) is 2.85. The fourth-order valence-corrected chi connectivity index (χ4v) is 2.85. The highest BCUT2D eigenvalue weighted by molar-refractivity contribution is 6.17. The molecule has 1 aliphatic rings. The van der Waals surface area contributed by atoms with E-state index in [0.29, 0.717) is 22.8 Å². The van der Waals surface area contributed by atoms with Gasteiger partial charge < -0.3 is 14.8 Å². The lowest BCUT2D eigenvalue weighted by Gasteiger charge is -2.24. The third-order valence-electron chi connectivity index (χ3n) is 4.00. The van der Waals surface area contributed by atoms with Crippen LogP contribution in [-0.4, -0.2) is 41.9 Å². The lowest BCUT2D eigenvalue weighted by atomic mass is 10.2. The molecule has 3 rings (SSSR count). The van der Waals surface area contributed by atoms with Crippen LogP contribution in [0, 0.1) is 6.92 Å². The molecule has 120 valence electrons. The number of carbonyl (C=O) groups is 2. The molecule has 1 N–H and O–H groups in total. The van der Waals surface area contributed by atoms with Gasteiger partial charge in [0.15, 0.2) is 0 Å². The number of hydrogen-bond acceptors (Lipinski definition) is 3. The van der Waals surface area contributed by atoms with Crippen LogP contribution < -0.4 is 10.2 Å². The quantitative estimate of drug-likeness (QED) is 0.924. The Morgan fingerprint density at radius 3 is 2.61 bits per heavy atom. The van der Waals surface area contributed by atoms with Crippen molar-refractivity contribution in [1.82, 2.24) is 9.47 Å². The number of fused-ring (bicyclic) bond motifs is 2. The van der Waals surface area contributed by atoms with Gasteiger partial charge in [-0.25, -0.2) is 0 Å². The zero-order chi connectivity index (χ0) is 16.7. The predicted molar refractivity (Wildman–Crippen MR) is 90.2 cm³/mol. The van der Waals surface area contributed by atoms with E-state index in [9.17, 15) is 9.59 Å². The molecule has 2 aromatic rings. The van der Waals surface area contributed by atoms with Gasteiger partial charge in [-0.15, -0.1) is 0 Å². The van der Waals surface area contributed by atoms with E-state index in [0.717, 1.165) is 5.69 Å². The zero-order valence-corrected chi connectivity index (χ0v) is 13.8. The van der Waals surface area contributed by atoms with Gasteiger partial charge in [-0.05, 0) is 39.2 Å². The first-order valence-electron chi connectivity index (χ1n) is 7.44. The number of hydrogen-bond donors (Lipinski definition) is 1. The Labute approximate surface area is 135 Å². The van der Waals surface area contributed by atoms with Crippen molar-refractivity contribution in [3.63, 3.8) is 0 Å². The number of likely N-dealkylation sites (N-methyl/N-ethyl adjacent to an activating group) is 1. The molecule has 6 heteroatoms. The molecule has 0 aliphatic carbocycles. The first-order valence-corrected chi connectivity index (χ1v) is 7.44. The van der Waals surface area contributed by atoms with Gasteiger partial charge in [0.25, 0.3) is 5.91 Å². The lowest BCUT2D eigenvalue weighted by molar-refractivity contribution is -0.118. The van der Waals surface area contributed by atoms with Crippen LogP contribution in [0.25, 0.3) is 0 Å². The maximum atomic E-state index is 12.8. The minimum Gasteiger partial charge on any atom is -0.342 e. The van der Waals surface area contributed by atoms with Gasteiger partial charge in [-0.1, -0.05) is 12.1 Å². The molecule has 6 nitrogen and oxygen atoms in total. The van der Waals surface area contributed by atoms with Crippen molar-refractivity contribution in [2.75, 3.05) is 30.9 Å². The van der Waals surface area contributed by atoms with Crippen LogP contribution in [0.3, 0.4) is 0 Å². The van der Waals surface area contributed by atoms with Gasteiger partial charge in [0.1, 0.15) is 5.69 Å². The summed E-state index contributed by atoms with van der Waals surface area (Å²) >= 11 is 0. The van der Waals surface area contributed by atoms with Gasteiger partial charge >= 0.3 is 0 Å². The molecule has 1 aromatic heterocycles. The van der Waals surface area contributed by atoms with Gasteiger partial charge in [-0.3, -0.25) is 14.5 Å². The van der Waals surface area contributed by atoms with Crippen molar-refractivity contribution in [1.29, 1.82) is 0 Å². The average Bonchev–Trinajstić information content (AvgIpc) is 2.69. The van der Waals surface area contributed by atoms with E-state index in [1.165, 1.54) is 0 Å². The molecule has 0 saturated heterocycles. The van der Waals surface area contributed by atoms with Crippen molar-refractivity contribution in [3.8, 4) is 0 Å². The normalized spacial score (nSPS) is 13.4. The number of amides is 2. The van der Waals surface area contributed by atoms with E-state index in [1.807, 2.05) is 67.9 Å². The summed E-state index contributed by atoms with van der Waals surface area (Å²) in [4.78, 5) is 28.9. The number of aryl methyl sites for hydroxylation is 1. The molecular formula is C17H20N4O2. The Morgan fingerprint density at radius 1 is 1.22 bits per heavy atom. The van der Waals surface area contributed by atoms with E-state index in [-0.39, 0.29) is 18.4 Å². The maximum absolute atomic E-state index is 12.8. The van der Waals surface area contributed by atoms with Crippen molar-refractivity contribution < 1.29 is 9.59 Å². The monoisotopic (exact) mass is 312 g/mol. The minimum atomic E-state index is -0.205.